The number of ether oxygens (including phenoxy) is 1. The maximum absolute atomic E-state index is 11.1. The number of Topliss-reactive ketones (excluding diaryl/α,β-unsaturated/α-hetero) is 1. The molecule has 0 amide bonds. The largest absolute Gasteiger partial charge is 0.489 e. The summed E-state index contributed by atoms with van der Waals surface area (Å²) < 4.78 is 5.86. The highest BCUT2D eigenvalue weighted by molar-refractivity contribution is 5.76. The van der Waals surface area contributed by atoms with Gasteiger partial charge < -0.3 is 14.8 Å². The number of rotatable bonds is 5. The molecule has 3 nitrogen and oxygen atoms in total. The first-order valence-electron chi connectivity index (χ1n) is 6.62. The Morgan fingerprint density at radius 3 is 2.72 bits per heavy atom. The molecule has 0 unspecified atom stereocenters. The standard InChI is InChI=1S/C15H21NO2/c1-11(9-12(2)17)13-3-5-14(6-4-13)18-15-7-8-16-10-15/h3-6,11,15-16H,7-10H2,1-2H3/t11-,15+/m1/s1. The van der Waals surface area contributed by atoms with E-state index in [2.05, 4.69) is 24.4 Å². The molecular formula is C15H21NO2. The minimum atomic E-state index is 0.236. The van der Waals surface area contributed by atoms with Crippen LogP contribution in [0.4, 0.5) is 0 Å². The summed E-state index contributed by atoms with van der Waals surface area (Å²) in [5, 5.41) is 3.28. The number of hydrogen-bond acceptors (Lipinski definition) is 3. The summed E-state index contributed by atoms with van der Waals surface area (Å²) in [4.78, 5) is 11.1. The first kappa shape index (κ1) is 13.1. The van der Waals surface area contributed by atoms with Gasteiger partial charge in [-0.3, -0.25) is 0 Å². The van der Waals surface area contributed by atoms with Gasteiger partial charge in [-0.2, -0.15) is 0 Å². The SMILES string of the molecule is CC(=O)C[C@@H](C)c1ccc(O[C@H]2CCNC2)cc1. The number of carbonyl (C=O) groups is 1. The maximum atomic E-state index is 11.1. The monoisotopic (exact) mass is 247 g/mol. The van der Waals surface area contributed by atoms with Crippen molar-refractivity contribution >= 4 is 5.78 Å². The Morgan fingerprint density at radius 1 is 1.44 bits per heavy atom. The van der Waals surface area contributed by atoms with E-state index in [0.717, 1.165) is 25.3 Å². The Kier molecular flexibility index (Phi) is 4.37. The van der Waals surface area contributed by atoms with Crippen LogP contribution < -0.4 is 10.1 Å². The molecule has 1 aromatic carbocycles. The molecule has 1 fully saturated rings. The zero-order chi connectivity index (χ0) is 13.0. The average Bonchev–Trinajstić information content (AvgIpc) is 2.82. The quantitative estimate of drug-likeness (QED) is 0.869. The summed E-state index contributed by atoms with van der Waals surface area (Å²) >= 11 is 0. The van der Waals surface area contributed by atoms with Crippen LogP contribution in [-0.2, 0) is 4.79 Å². The van der Waals surface area contributed by atoms with E-state index in [1.807, 2.05) is 12.1 Å². The highest BCUT2D eigenvalue weighted by atomic mass is 16.5. The van der Waals surface area contributed by atoms with Crippen molar-refractivity contribution in [3.63, 3.8) is 0 Å². The Bertz CT molecular complexity index is 393. The van der Waals surface area contributed by atoms with Crippen molar-refractivity contribution in [2.75, 3.05) is 13.1 Å². The first-order valence-corrected chi connectivity index (χ1v) is 6.62. The number of hydrogen-bond donors (Lipinski definition) is 1. The lowest BCUT2D eigenvalue weighted by Crippen LogP contribution is -2.19. The first-order chi connectivity index (χ1) is 8.65. The minimum absolute atomic E-state index is 0.236. The van der Waals surface area contributed by atoms with Gasteiger partial charge in [0.1, 0.15) is 17.6 Å². The average molecular weight is 247 g/mol. The molecule has 0 spiro atoms. The molecule has 0 bridgehead atoms. The topological polar surface area (TPSA) is 38.3 Å². The molecule has 1 aliphatic rings. The molecule has 2 rings (SSSR count). The zero-order valence-electron chi connectivity index (χ0n) is 11.1. The van der Waals surface area contributed by atoms with Gasteiger partial charge in [0.25, 0.3) is 0 Å². The van der Waals surface area contributed by atoms with Crippen LogP contribution >= 0.6 is 0 Å². The van der Waals surface area contributed by atoms with Gasteiger partial charge in [-0.25, -0.2) is 0 Å². The fraction of sp³-hybridized carbons (Fsp3) is 0.533. The molecular weight excluding hydrogens is 226 g/mol. The van der Waals surface area contributed by atoms with Crippen molar-refractivity contribution in [1.29, 1.82) is 0 Å². The third-order valence-electron chi connectivity index (χ3n) is 3.36. The van der Waals surface area contributed by atoms with E-state index in [-0.39, 0.29) is 11.7 Å². The number of carbonyl (C=O) groups excluding carboxylic acids is 1. The molecule has 3 heteroatoms. The van der Waals surface area contributed by atoms with Crippen LogP contribution in [-0.4, -0.2) is 25.0 Å². The second-order valence-electron chi connectivity index (χ2n) is 5.11. The summed E-state index contributed by atoms with van der Waals surface area (Å²) in [5.41, 5.74) is 1.20. The lowest BCUT2D eigenvalue weighted by atomic mass is 9.96. The molecule has 0 aliphatic carbocycles. The number of nitrogens with one attached hydrogen (secondary N) is 1. The fourth-order valence-electron chi connectivity index (χ4n) is 2.35. The Labute approximate surface area is 109 Å². The lowest BCUT2D eigenvalue weighted by Gasteiger charge is -2.14. The molecule has 0 aromatic heterocycles. The van der Waals surface area contributed by atoms with E-state index in [0.29, 0.717) is 12.5 Å². The molecule has 2 atom stereocenters. The highest BCUT2D eigenvalue weighted by Gasteiger charge is 2.16. The molecule has 1 aromatic rings. The summed E-state index contributed by atoms with van der Waals surface area (Å²) in [6.07, 6.45) is 1.97. The van der Waals surface area contributed by atoms with E-state index < -0.39 is 0 Å². The van der Waals surface area contributed by atoms with E-state index in [4.69, 9.17) is 4.74 Å². The molecule has 18 heavy (non-hydrogen) atoms. The number of benzene rings is 1. The minimum Gasteiger partial charge on any atom is -0.489 e. The second-order valence-corrected chi connectivity index (χ2v) is 5.11. The van der Waals surface area contributed by atoms with Crippen LogP contribution in [0.3, 0.4) is 0 Å². The van der Waals surface area contributed by atoms with E-state index >= 15 is 0 Å². The third-order valence-corrected chi connectivity index (χ3v) is 3.36. The predicted octanol–water partition coefficient (Wildman–Crippen LogP) is 2.51. The third kappa shape index (κ3) is 3.57. The predicted molar refractivity (Wildman–Crippen MR) is 72.1 cm³/mol. The van der Waals surface area contributed by atoms with E-state index in [9.17, 15) is 4.79 Å². The second kappa shape index (κ2) is 6.01. The van der Waals surface area contributed by atoms with Gasteiger partial charge in [0, 0.05) is 13.0 Å². The Morgan fingerprint density at radius 2 is 2.17 bits per heavy atom. The van der Waals surface area contributed by atoms with Crippen molar-refractivity contribution < 1.29 is 9.53 Å². The van der Waals surface area contributed by atoms with Crippen LogP contribution in [0.2, 0.25) is 0 Å². The van der Waals surface area contributed by atoms with Crippen molar-refractivity contribution in [2.45, 2.75) is 38.7 Å². The maximum Gasteiger partial charge on any atom is 0.130 e. The van der Waals surface area contributed by atoms with Crippen molar-refractivity contribution in [2.24, 2.45) is 0 Å². The van der Waals surface area contributed by atoms with Gasteiger partial charge >= 0.3 is 0 Å². The summed E-state index contributed by atoms with van der Waals surface area (Å²) in [6.45, 7) is 5.69. The lowest BCUT2D eigenvalue weighted by molar-refractivity contribution is -0.117. The van der Waals surface area contributed by atoms with Crippen LogP contribution in [0.1, 0.15) is 38.2 Å². The van der Waals surface area contributed by atoms with Crippen LogP contribution in [0.25, 0.3) is 0 Å². The highest BCUT2D eigenvalue weighted by Crippen LogP contribution is 2.23. The molecule has 1 aliphatic heterocycles. The fourth-order valence-corrected chi connectivity index (χ4v) is 2.35. The van der Waals surface area contributed by atoms with Gasteiger partial charge in [0.05, 0.1) is 0 Å². The summed E-state index contributed by atoms with van der Waals surface area (Å²) in [6, 6.07) is 8.13. The Balaban J connectivity index is 1.94. The van der Waals surface area contributed by atoms with E-state index in [1.54, 1.807) is 6.92 Å². The van der Waals surface area contributed by atoms with Crippen LogP contribution in [0.15, 0.2) is 24.3 Å². The normalized spacial score (nSPS) is 20.7. The van der Waals surface area contributed by atoms with Crippen LogP contribution in [0.5, 0.6) is 5.75 Å². The van der Waals surface area contributed by atoms with Gasteiger partial charge in [0.2, 0.25) is 0 Å². The van der Waals surface area contributed by atoms with Crippen molar-refractivity contribution in [3.8, 4) is 5.75 Å². The molecule has 98 valence electrons. The molecule has 0 radical (unpaired) electrons. The molecule has 1 saturated heterocycles. The molecule has 0 saturated carbocycles. The summed E-state index contributed by atoms with van der Waals surface area (Å²) in [7, 11) is 0. The number of ketones is 1. The van der Waals surface area contributed by atoms with Crippen LogP contribution in [0, 0.1) is 0 Å². The van der Waals surface area contributed by atoms with Gasteiger partial charge in [-0.05, 0) is 43.5 Å². The Hall–Kier alpha value is -1.35. The molecule has 1 N–H and O–H groups in total. The smallest absolute Gasteiger partial charge is 0.130 e. The van der Waals surface area contributed by atoms with Gasteiger partial charge in [-0.1, -0.05) is 19.1 Å². The van der Waals surface area contributed by atoms with Crippen molar-refractivity contribution in [3.05, 3.63) is 29.8 Å². The molecule has 1 heterocycles. The van der Waals surface area contributed by atoms with Gasteiger partial charge in [-0.15, -0.1) is 0 Å². The van der Waals surface area contributed by atoms with E-state index in [1.165, 1.54) is 5.56 Å². The summed E-state index contributed by atoms with van der Waals surface area (Å²) in [5.74, 6) is 1.44. The van der Waals surface area contributed by atoms with Crippen molar-refractivity contribution in [1.82, 2.24) is 5.32 Å². The zero-order valence-corrected chi connectivity index (χ0v) is 11.1. The van der Waals surface area contributed by atoms with Gasteiger partial charge in [0.15, 0.2) is 0 Å².